The van der Waals surface area contributed by atoms with Gasteiger partial charge in [0, 0.05) is 11.3 Å². The van der Waals surface area contributed by atoms with Crippen LogP contribution < -0.4 is 10.0 Å². The number of β-lactam (4-membered cyclic amide) rings is 1. The molecule has 3 amide bonds. The van der Waals surface area contributed by atoms with E-state index in [1.54, 1.807) is 29.0 Å². The number of thioether (sulfide) groups is 1. The zero-order chi connectivity index (χ0) is 29.7. The Morgan fingerprint density at radius 2 is 1.73 bits per heavy atom. The number of carbonyl (C=O) groups excluding carboxylic acids is 4. The number of esters is 1. The highest BCUT2D eigenvalue weighted by molar-refractivity contribution is 8.00. The number of ether oxygens (including phenoxy) is 2. The lowest BCUT2D eigenvalue weighted by Crippen LogP contribution is -2.70. The average Bonchev–Trinajstić information content (AvgIpc) is 2.94. The van der Waals surface area contributed by atoms with E-state index in [9.17, 15) is 37.5 Å². The van der Waals surface area contributed by atoms with Crippen molar-refractivity contribution in [1.82, 2.24) is 14.9 Å². The van der Waals surface area contributed by atoms with Crippen LogP contribution in [0, 0.1) is 0 Å². The summed E-state index contributed by atoms with van der Waals surface area (Å²) < 4.78 is 36.8. The van der Waals surface area contributed by atoms with E-state index in [4.69, 9.17) is 4.74 Å². The number of carboxylic acid groups (broad SMARTS) is 1. The van der Waals surface area contributed by atoms with Crippen molar-refractivity contribution in [2.45, 2.75) is 29.7 Å². The maximum Gasteiger partial charge on any atom is 0.421 e. The molecule has 216 valence electrons. The Kier molecular flexibility index (Phi) is 8.98. The number of hydrogen-bond donors (Lipinski definition) is 3. The fourth-order valence-corrected chi connectivity index (χ4v) is 6.64. The van der Waals surface area contributed by atoms with Crippen LogP contribution in [0.1, 0.15) is 22.8 Å². The number of nitrogens with one attached hydrogen (secondary N) is 2. The Morgan fingerprint density at radius 1 is 1.05 bits per heavy atom. The lowest BCUT2D eigenvalue weighted by atomic mass is 10.0. The molecule has 4 rings (SSSR count). The SMILES string of the molecule is CCOC(=O)NS(=O)(=O)c1ccccc1C(=O)OCC1=C(C(=O)O)N2C(=O)[C@@H](NC(=O)Cc3ccccc3)[C@H]2SC1. The number of sulfonamides is 1. The molecule has 2 aromatic rings. The van der Waals surface area contributed by atoms with Crippen molar-refractivity contribution in [2.75, 3.05) is 19.0 Å². The minimum Gasteiger partial charge on any atom is -0.477 e. The molecule has 0 radical (unpaired) electrons. The largest absolute Gasteiger partial charge is 0.477 e. The van der Waals surface area contributed by atoms with Gasteiger partial charge in [-0.25, -0.2) is 27.5 Å². The number of benzene rings is 2. The molecule has 15 heteroatoms. The highest BCUT2D eigenvalue weighted by Gasteiger charge is 2.54. The lowest BCUT2D eigenvalue weighted by molar-refractivity contribution is -0.150. The molecule has 1 fully saturated rings. The van der Waals surface area contributed by atoms with Crippen LogP contribution in [0.25, 0.3) is 0 Å². The number of carbonyl (C=O) groups is 5. The van der Waals surface area contributed by atoms with Gasteiger partial charge in [0.2, 0.25) is 5.91 Å². The summed E-state index contributed by atoms with van der Waals surface area (Å²) in [6, 6.07) is 13.0. The second-order valence-electron chi connectivity index (χ2n) is 8.77. The molecule has 0 aliphatic carbocycles. The molecule has 2 aliphatic rings. The summed E-state index contributed by atoms with van der Waals surface area (Å²) in [5, 5.41) is 11.8. The molecule has 2 aromatic carbocycles. The third kappa shape index (κ3) is 6.52. The van der Waals surface area contributed by atoms with E-state index in [0.29, 0.717) is 0 Å². The molecule has 0 saturated carbocycles. The molecular weight excluding hydrogens is 578 g/mol. The van der Waals surface area contributed by atoms with E-state index in [1.165, 1.54) is 36.9 Å². The molecule has 2 atom stereocenters. The van der Waals surface area contributed by atoms with Crippen molar-refractivity contribution >= 4 is 51.6 Å². The van der Waals surface area contributed by atoms with Gasteiger partial charge >= 0.3 is 18.0 Å². The van der Waals surface area contributed by atoms with Crippen molar-refractivity contribution in [3.05, 3.63) is 77.0 Å². The second-order valence-corrected chi connectivity index (χ2v) is 11.5. The number of fused-ring (bicyclic) bond motifs is 1. The Morgan fingerprint density at radius 3 is 2.41 bits per heavy atom. The van der Waals surface area contributed by atoms with Gasteiger partial charge in [-0.1, -0.05) is 42.5 Å². The van der Waals surface area contributed by atoms with Crippen LogP contribution in [0.2, 0.25) is 0 Å². The number of hydrogen-bond acceptors (Lipinski definition) is 10. The van der Waals surface area contributed by atoms with Crippen LogP contribution in [0.5, 0.6) is 0 Å². The fourth-order valence-electron chi connectivity index (χ4n) is 4.23. The minimum atomic E-state index is -4.50. The summed E-state index contributed by atoms with van der Waals surface area (Å²) in [5.74, 6) is -3.46. The van der Waals surface area contributed by atoms with Gasteiger partial charge in [0.05, 0.1) is 18.6 Å². The molecule has 0 unspecified atom stereocenters. The summed E-state index contributed by atoms with van der Waals surface area (Å²) in [7, 11) is -4.50. The van der Waals surface area contributed by atoms with Crippen LogP contribution in [0.15, 0.2) is 70.8 Å². The molecule has 0 aromatic heterocycles. The fraction of sp³-hybridized carbons (Fsp3) is 0.269. The van der Waals surface area contributed by atoms with E-state index in [2.05, 4.69) is 10.1 Å². The van der Waals surface area contributed by atoms with Crippen LogP contribution in [0.4, 0.5) is 4.79 Å². The van der Waals surface area contributed by atoms with Crippen LogP contribution >= 0.6 is 11.8 Å². The first-order valence-corrected chi connectivity index (χ1v) is 14.8. The molecule has 2 aliphatic heterocycles. The van der Waals surface area contributed by atoms with Gasteiger partial charge in [-0.2, -0.15) is 0 Å². The predicted octanol–water partition coefficient (Wildman–Crippen LogP) is 1.26. The topological polar surface area (TPSA) is 185 Å². The van der Waals surface area contributed by atoms with Crippen LogP contribution in [0.3, 0.4) is 0 Å². The monoisotopic (exact) mass is 603 g/mol. The normalized spacial score (nSPS) is 18.1. The maximum atomic E-state index is 12.9. The summed E-state index contributed by atoms with van der Waals surface area (Å²) in [5.41, 5.74) is 0.0972. The van der Waals surface area contributed by atoms with Crippen molar-refractivity contribution < 1.29 is 47.0 Å². The molecule has 0 bridgehead atoms. The van der Waals surface area contributed by atoms with Gasteiger partial charge in [0.25, 0.3) is 15.9 Å². The predicted molar refractivity (Wildman–Crippen MR) is 144 cm³/mol. The van der Waals surface area contributed by atoms with Crippen molar-refractivity contribution in [3.8, 4) is 0 Å². The summed E-state index contributed by atoms with van der Waals surface area (Å²) in [6.07, 6.45) is -1.17. The number of amides is 3. The average molecular weight is 604 g/mol. The highest BCUT2D eigenvalue weighted by atomic mass is 32.2. The molecule has 2 heterocycles. The van der Waals surface area contributed by atoms with Gasteiger partial charge < -0.3 is 19.9 Å². The maximum absolute atomic E-state index is 12.9. The first kappa shape index (κ1) is 29.6. The Labute approximate surface area is 238 Å². The Hall–Kier alpha value is -4.37. The first-order valence-electron chi connectivity index (χ1n) is 12.2. The van der Waals surface area contributed by atoms with Gasteiger partial charge in [-0.15, -0.1) is 11.8 Å². The molecule has 1 saturated heterocycles. The standard InChI is InChI=1S/C26H25N3O10S2/c1-2-38-26(35)28-41(36,37)18-11-7-6-10-17(18)25(34)39-13-16-14-40-23-20(22(31)29(23)21(16)24(32)33)27-19(30)12-15-8-4-3-5-9-15/h3-11,20,23H,2,12-14H2,1H3,(H,27,30)(H,28,35)(H,32,33)/t20-,23-/m1/s1. The van der Waals surface area contributed by atoms with E-state index >= 15 is 0 Å². The van der Waals surface area contributed by atoms with Gasteiger partial charge in [0.1, 0.15) is 28.6 Å². The van der Waals surface area contributed by atoms with E-state index in [-0.39, 0.29) is 36.0 Å². The van der Waals surface area contributed by atoms with Crippen LogP contribution in [-0.4, -0.2) is 78.7 Å². The van der Waals surface area contributed by atoms with Crippen LogP contribution in [-0.2, 0) is 40.3 Å². The van der Waals surface area contributed by atoms with Crippen molar-refractivity contribution in [1.29, 1.82) is 0 Å². The third-order valence-electron chi connectivity index (χ3n) is 6.04. The molecule has 41 heavy (non-hydrogen) atoms. The molecule has 13 nitrogen and oxygen atoms in total. The van der Waals surface area contributed by atoms with Gasteiger partial charge in [-0.3, -0.25) is 14.5 Å². The van der Waals surface area contributed by atoms with E-state index in [0.717, 1.165) is 16.5 Å². The van der Waals surface area contributed by atoms with Gasteiger partial charge in [0.15, 0.2) is 0 Å². The van der Waals surface area contributed by atoms with E-state index < -0.39 is 62.4 Å². The number of rotatable bonds is 10. The molecule has 3 N–H and O–H groups in total. The first-order chi connectivity index (χ1) is 19.5. The second kappa shape index (κ2) is 12.4. The number of aliphatic carboxylic acids is 1. The zero-order valence-electron chi connectivity index (χ0n) is 21.6. The van der Waals surface area contributed by atoms with E-state index in [1.807, 2.05) is 6.07 Å². The zero-order valence-corrected chi connectivity index (χ0v) is 23.2. The summed E-state index contributed by atoms with van der Waals surface area (Å²) in [6.45, 7) is 0.860. The smallest absolute Gasteiger partial charge is 0.421 e. The number of nitrogens with zero attached hydrogens (tertiary/aromatic N) is 1. The quantitative estimate of drug-likeness (QED) is 0.262. The Bertz CT molecular complexity index is 1520. The van der Waals surface area contributed by atoms with Gasteiger partial charge in [-0.05, 0) is 24.6 Å². The summed E-state index contributed by atoms with van der Waals surface area (Å²) >= 11 is 1.19. The third-order valence-corrected chi connectivity index (χ3v) is 8.75. The Balaban J connectivity index is 1.45. The summed E-state index contributed by atoms with van der Waals surface area (Å²) in [4.78, 5) is 62.4. The highest BCUT2D eigenvalue weighted by Crippen LogP contribution is 2.40. The molecular formula is C26H25N3O10S2. The van der Waals surface area contributed by atoms with Crippen molar-refractivity contribution in [2.24, 2.45) is 0 Å². The lowest BCUT2D eigenvalue weighted by Gasteiger charge is -2.49. The minimum absolute atomic E-state index is 0.0529. The number of carboxylic acids is 1. The van der Waals surface area contributed by atoms with Crippen molar-refractivity contribution in [3.63, 3.8) is 0 Å². The molecule has 0 spiro atoms.